The van der Waals surface area contributed by atoms with Crippen LogP contribution in [0, 0.1) is 11.7 Å². The zero-order chi connectivity index (χ0) is 32.5. The van der Waals surface area contributed by atoms with E-state index in [-0.39, 0.29) is 11.7 Å². The van der Waals surface area contributed by atoms with Crippen molar-refractivity contribution in [1.29, 1.82) is 0 Å². The number of anilines is 1. The molecule has 2 heterocycles. The summed E-state index contributed by atoms with van der Waals surface area (Å²) in [6.07, 6.45) is -6.55. The summed E-state index contributed by atoms with van der Waals surface area (Å²) in [7, 11) is 0. The molecule has 0 saturated carbocycles. The van der Waals surface area contributed by atoms with E-state index in [2.05, 4.69) is 0 Å². The Bertz CT molecular complexity index is 1670. The third-order valence-corrected chi connectivity index (χ3v) is 9.04. The molecule has 2 aliphatic rings. The lowest BCUT2D eigenvalue weighted by atomic mass is 9.77. The minimum absolute atomic E-state index is 0.0611. The van der Waals surface area contributed by atoms with Crippen LogP contribution in [0.25, 0.3) is 11.1 Å². The summed E-state index contributed by atoms with van der Waals surface area (Å²) in [5.41, 5.74) is 3.53. The molecule has 2 fully saturated rings. The Labute approximate surface area is 265 Å². The summed E-state index contributed by atoms with van der Waals surface area (Å²) in [4.78, 5) is 15.0. The van der Waals surface area contributed by atoms with E-state index in [0.717, 1.165) is 5.56 Å². The van der Waals surface area contributed by atoms with E-state index in [0.29, 0.717) is 40.8 Å². The summed E-state index contributed by atoms with van der Waals surface area (Å²) < 4.78 is 19.4. The van der Waals surface area contributed by atoms with Crippen molar-refractivity contribution in [2.75, 3.05) is 11.5 Å². The van der Waals surface area contributed by atoms with Gasteiger partial charge in [0.15, 0.2) is 0 Å². The average Bonchev–Trinajstić information content (AvgIpc) is 3.07. The van der Waals surface area contributed by atoms with Crippen molar-refractivity contribution in [3.8, 4) is 16.9 Å². The number of β-lactam (4-membered cyclic amide) rings is 1. The zero-order valence-corrected chi connectivity index (χ0v) is 24.8. The molecule has 2 aliphatic heterocycles. The van der Waals surface area contributed by atoms with Gasteiger partial charge in [-0.2, -0.15) is 0 Å². The fraction of sp³-hybridized carbons (Fsp3) is 0.306. The molecule has 1 amide bonds. The molecule has 46 heavy (non-hydrogen) atoms. The Morgan fingerprint density at radius 2 is 1.54 bits per heavy atom. The molecule has 0 unspecified atom stereocenters. The van der Waals surface area contributed by atoms with Crippen LogP contribution in [0.2, 0.25) is 0 Å². The lowest BCUT2D eigenvalue weighted by Gasteiger charge is -2.48. The van der Waals surface area contributed by atoms with Gasteiger partial charge in [-0.05, 0) is 71.5 Å². The Hall–Kier alpha value is -4.16. The summed E-state index contributed by atoms with van der Waals surface area (Å²) in [5.74, 6) is -1.22. The number of phenolic OH excluding ortho intramolecular Hbond substituents is 1. The second kappa shape index (κ2) is 13.3. The number of halogens is 1. The van der Waals surface area contributed by atoms with Gasteiger partial charge < -0.3 is 40.3 Å². The predicted octanol–water partition coefficient (Wildman–Crippen LogP) is 3.93. The quantitative estimate of drug-likeness (QED) is 0.153. The van der Waals surface area contributed by atoms with Crippen molar-refractivity contribution >= 4 is 11.6 Å². The van der Waals surface area contributed by atoms with Crippen LogP contribution >= 0.6 is 0 Å². The lowest BCUT2D eigenvalue weighted by Crippen LogP contribution is -2.55. The maximum absolute atomic E-state index is 13.7. The van der Waals surface area contributed by atoms with E-state index in [4.69, 9.17) is 4.74 Å². The van der Waals surface area contributed by atoms with Gasteiger partial charge in [-0.15, -0.1) is 0 Å². The van der Waals surface area contributed by atoms with Crippen molar-refractivity contribution in [1.82, 2.24) is 0 Å². The zero-order valence-electron chi connectivity index (χ0n) is 24.8. The van der Waals surface area contributed by atoms with Crippen molar-refractivity contribution in [3.05, 3.63) is 120 Å². The number of ether oxygens (including phenoxy) is 1. The van der Waals surface area contributed by atoms with Gasteiger partial charge in [-0.3, -0.25) is 4.79 Å². The molecule has 0 radical (unpaired) electrons. The van der Waals surface area contributed by atoms with Gasteiger partial charge in [0.05, 0.1) is 24.7 Å². The molecular formula is C36H36FNO8. The Kier molecular flexibility index (Phi) is 9.19. The number of aliphatic hydroxyl groups is 5. The molecule has 2 saturated heterocycles. The highest BCUT2D eigenvalue weighted by Crippen LogP contribution is 2.49. The van der Waals surface area contributed by atoms with Crippen LogP contribution in [0.1, 0.15) is 47.8 Å². The monoisotopic (exact) mass is 629 g/mol. The van der Waals surface area contributed by atoms with Crippen LogP contribution < -0.4 is 4.90 Å². The van der Waals surface area contributed by atoms with Crippen LogP contribution in [-0.4, -0.2) is 67.6 Å². The van der Waals surface area contributed by atoms with Crippen LogP contribution in [0.5, 0.6) is 5.75 Å². The SMILES string of the molecule is O=C1[C@H](CC[C@H](O)c2ccccc2)[C@@H](c2ccc(-c3cccc([C@@H]4O[C@H](CO)[C@@H](O)[C@H](O)[C@H]4O)c3)cc2O)N1c1ccc(F)cc1. The molecule has 0 aliphatic carbocycles. The fourth-order valence-corrected chi connectivity index (χ4v) is 6.50. The van der Waals surface area contributed by atoms with E-state index < -0.39 is 61.0 Å². The van der Waals surface area contributed by atoms with E-state index in [1.807, 2.05) is 30.3 Å². The minimum Gasteiger partial charge on any atom is -0.508 e. The summed E-state index contributed by atoms with van der Waals surface area (Å²) in [6.45, 7) is -0.540. The van der Waals surface area contributed by atoms with Gasteiger partial charge in [-0.1, -0.05) is 60.7 Å². The van der Waals surface area contributed by atoms with Gasteiger partial charge >= 0.3 is 0 Å². The molecule has 9 nitrogen and oxygen atoms in total. The second-order valence-corrected chi connectivity index (χ2v) is 11.9. The number of hydrogen-bond donors (Lipinski definition) is 6. The molecule has 8 atom stereocenters. The summed E-state index contributed by atoms with van der Waals surface area (Å²) in [5, 5.41) is 62.7. The molecule has 0 bridgehead atoms. The van der Waals surface area contributed by atoms with Crippen molar-refractivity contribution < 1.29 is 44.6 Å². The highest BCUT2D eigenvalue weighted by molar-refractivity contribution is 6.03. The summed E-state index contributed by atoms with van der Waals surface area (Å²) >= 11 is 0. The maximum Gasteiger partial charge on any atom is 0.233 e. The van der Waals surface area contributed by atoms with Crippen LogP contribution in [0.15, 0.2) is 97.1 Å². The third kappa shape index (κ3) is 6.03. The van der Waals surface area contributed by atoms with Gasteiger partial charge in [-0.25, -0.2) is 4.39 Å². The number of phenols is 1. The first kappa shape index (κ1) is 31.8. The van der Waals surface area contributed by atoms with Crippen LogP contribution in [-0.2, 0) is 9.53 Å². The largest absolute Gasteiger partial charge is 0.508 e. The third-order valence-electron chi connectivity index (χ3n) is 9.04. The van der Waals surface area contributed by atoms with Crippen molar-refractivity contribution in [3.63, 3.8) is 0 Å². The van der Waals surface area contributed by atoms with Crippen LogP contribution in [0.4, 0.5) is 10.1 Å². The Morgan fingerprint density at radius 1 is 0.826 bits per heavy atom. The normalized spacial score (nSPS) is 26.9. The molecule has 10 heteroatoms. The van der Waals surface area contributed by atoms with Gasteiger partial charge in [0.1, 0.15) is 42.1 Å². The second-order valence-electron chi connectivity index (χ2n) is 11.9. The average molecular weight is 630 g/mol. The molecule has 0 aromatic heterocycles. The van der Waals surface area contributed by atoms with E-state index in [1.165, 1.54) is 29.2 Å². The van der Waals surface area contributed by atoms with Gasteiger partial charge in [0.25, 0.3) is 0 Å². The molecular weight excluding hydrogens is 593 g/mol. The predicted molar refractivity (Wildman–Crippen MR) is 167 cm³/mol. The molecule has 6 rings (SSSR count). The van der Waals surface area contributed by atoms with E-state index in [9.17, 15) is 39.8 Å². The number of carbonyl (C=O) groups is 1. The highest BCUT2D eigenvalue weighted by Gasteiger charge is 2.49. The number of carbonyl (C=O) groups excluding carboxylic acids is 1. The maximum atomic E-state index is 13.7. The number of aromatic hydroxyl groups is 1. The van der Waals surface area contributed by atoms with Crippen LogP contribution in [0.3, 0.4) is 0 Å². The Morgan fingerprint density at radius 3 is 2.24 bits per heavy atom. The van der Waals surface area contributed by atoms with Crippen molar-refractivity contribution in [2.45, 2.75) is 55.5 Å². The van der Waals surface area contributed by atoms with Gasteiger partial charge in [0.2, 0.25) is 5.91 Å². The topological polar surface area (TPSA) is 151 Å². The molecule has 0 spiro atoms. The first-order chi connectivity index (χ1) is 22.2. The number of amides is 1. The number of nitrogens with zero attached hydrogens (tertiary/aromatic N) is 1. The smallest absolute Gasteiger partial charge is 0.233 e. The Balaban J connectivity index is 1.28. The number of rotatable bonds is 9. The fourth-order valence-electron chi connectivity index (χ4n) is 6.50. The standard InChI is InChI=1S/C36H36FNO8/c37-24-10-12-25(13-11-24)38-31(27(36(38)45)15-16-28(40)20-5-2-1-3-6-20)26-14-9-22(18-29(26)41)21-7-4-8-23(17-21)35-34(44)33(43)32(42)30(19-39)46-35/h1-14,17-18,27-28,30-35,39-44H,15-16,19H2/t27-,28+,30-,31-,32-,33+,34-,35+/m1/s1. The molecule has 6 N–H and O–H groups in total. The molecule has 4 aromatic rings. The number of aliphatic hydroxyl groups excluding tert-OH is 5. The summed E-state index contributed by atoms with van der Waals surface area (Å²) in [6, 6.07) is 26.3. The lowest BCUT2D eigenvalue weighted by molar-refractivity contribution is -0.231. The van der Waals surface area contributed by atoms with Gasteiger partial charge in [0, 0.05) is 11.3 Å². The first-order valence-corrected chi connectivity index (χ1v) is 15.2. The first-order valence-electron chi connectivity index (χ1n) is 15.2. The number of hydrogen-bond acceptors (Lipinski definition) is 8. The number of benzene rings is 4. The molecule has 240 valence electrons. The highest BCUT2D eigenvalue weighted by atomic mass is 19.1. The molecule has 4 aromatic carbocycles. The minimum atomic E-state index is -1.51. The van der Waals surface area contributed by atoms with Crippen molar-refractivity contribution in [2.24, 2.45) is 5.92 Å². The van der Waals surface area contributed by atoms with E-state index in [1.54, 1.807) is 42.5 Å². The van der Waals surface area contributed by atoms with E-state index >= 15 is 0 Å².